The Morgan fingerprint density at radius 1 is 1.33 bits per heavy atom. The lowest BCUT2D eigenvalue weighted by molar-refractivity contribution is -0.0498. The Labute approximate surface area is 118 Å². The summed E-state index contributed by atoms with van der Waals surface area (Å²) < 4.78 is 28.2. The number of nitrogens with one attached hydrogen (secondary N) is 1. The molecular weight excluding hydrogens is 284 g/mol. The van der Waals surface area contributed by atoms with Crippen LogP contribution in [0.25, 0.3) is 0 Å². The Kier molecular flexibility index (Phi) is 4.17. The molecule has 4 N–H and O–H groups in total. The quantitative estimate of drug-likeness (QED) is 0.784. The molecule has 1 aromatic heterocycles. The van der Waals surface area contributed by atoms with Gasteiger partial charge in [0.2, 0.25) is 0 Å². The van der Waals surface area contributed by atoms with E-state index in [0.717, 1.165) is 6.20 Å². The van der Waals surface area contributed by atoms with E-state index < -0.39 is 12.6 Å². The number of anilines is 3. The van der Waals surface area contributed by atoms with Gasteiger partial charge < -0.3 is 20.9 Å². The monoisotopic (exact) mass is 295 g/mol. The molecule has 0 saturated heterocycles. The number of nitrogens with two attached hydrogens (primary N) is 1. The fraction of sp³-hybridized carbons (Fsp3) is 0.0769. The van der Waals surface area contributed by atoms with Gasteiger partial charge in [-0.25, -0.2) is 9.78 Å². The van der Waals surface area contributed by atoms with Crippen molar-refractivity contribution in [1.82, 2.24) is 4.98 Å². The molecule has 0 aliphatic rings. The highest BCUT2D eigenvalue weighted by Gasteiger charge is 2.08. The highest BCUT2D eigenvalue weighted by Crippen LogP contribution is 2.23. The summed E-state index contributed by atoms with van der Waals surface area (Å²) in [5.41, 5.74) is 6.36. The maximum absolute atomic E-state index is 12.0. The number of aromatic carboxylic acids is 1. The normalized spacial score (nSPS) is 10.4. The highest BCUT2D eigenvalue weighted by atomic mass is 19.3. The molecule has 0 unspecified atom stereocenters. The molecule has 8 heteroatoms. The molecule has 0 aliphatic heterocycles. The van der Waals surface area contributed by atoms with Crippen molar-refractivity contribution in [3.8, 4) is 5.75 Å². The number of hydrogen-bond donors (Lipinski definition) is 3. The van der Waals surface area contributed by atoms with Gasteiger partial charge >= 0.3 is 12.6 Å². The molecule has 2 aromatic rings. The summed E-state index contributed by atoms with van der Waals surface area (Å²) in [6.07, 6.45) is 1.16. The minimum Gasteiger partial charge on any atom is -0.478 e. The van der Waals surface area contributed by atoms with Crippen molar-refractivity contribution in [3.63, 3.8) is 0 Å². The van der Waals surface area contributed by atoms with Crippen LogP contribution >= 0.6 is 0 Å². The Balaban J connectivity index is 2.13. The van der Waals surface area contributed by atoms with Crippen LogP contribution in [0, 0.1) is 0 Å². The van der Waals surface area contributed by atoms with Crippen LogP contribution in [0.2, 0.25) is 0 Å². The van der Waals surface area contributed by atoms with Gasteiger partial charge in [0, 0.05) is 11.9 Å². The number of aromatic nitrogens is 1. The van der Waals surface area contributed by atoms with Crippen molar-refractivity contribution < 1.29 is 23.4 Å². The lowest BCUT2D eigenvalue weighted by Gasteiger charge is -2.10. The Bertz CT molecular complexity index is 648. The molecule has 1 aromatic carbocycles. The maximum atomic E-state index is 12.0. The second-order valence-electron chi connectivity index (χ2n) is 3.99. The summed E-state index contributed by atoms with van der Waals surface area (Å²) in [7, 11) is 0. The average molecular weight is 295 g/mol. The first kappa shape index (κ1) is 14.5. The van der Waals surface area contributed by atoms with Crippen molar-refractivity contribution in [1.29, 1.82) is 0 Å². The smallest absolute Gasteiger partial charge is 0.387 e. The molecule has 0 aliphatic carbocycles. The highest BCUT2D eigenvalue weighted by molar-refractivity contribution is 5.89. The number of nitrogens with zero attached hydrogens (tertiary/aromatic N) is 1. The average Bonchev–Trinajstić information content (AvgIpc) is 2.42. The predicted molar refractivity (Wildman–Crippen MR) is 72.0 cm³/mol. The molecule has 0 atom stereocenters. The van der Waals surface area contributed by atoms with Crippen LogP contribution in [0.3, 0.4) is 0 Å². The molecule has 2 rings (SSSR count). The first-order valence-electron chi connectivity index (χ1n) is 5.76. The summed E-state index contributed by atoms with van der Waals surface area (Å²) in [6, 6.07) is 6.99. The summed E-state index contributed by atoms with van der Waals surface area (Å²) in [5, 5.41) is 11.6. The first-order valence-corrected chi connectivity index (χ1v) is 5.76. The number of nitrogen functional groups attached to an aromatic ring is 1. The number of halogens is 2. The number of hydrogen-bond acceptors (Lipinski definition) is 5. The molecule has 1 heterocycles. The largest absolute Gasteiger partial charge is 0.478 e. The van der Waals surface area contributed by atoms with E-state index in [1.807, 2.05) is 0 Å². The molecule has 0 radical (unpaired) electrons. The molecule has 6 nitrogen and oxygen atoms in total. The van der Waals surface area contributed by atoms with Gasteiger partial charge in [-0.05, 0) is 30.3 Å². The third-order valence-electron chi connectivity index (χ3n) is 2.51. The number of alkyl halides is 2. The van der Waals surface area contributed by atoms with Crippen LogP contribution in [-0.2, 0) is 0 Å². The van der Waals surface area contributed by atoms with Gasteiger partial charge in [-0.15, -0.1) is 0 Å². The number of benzene rings is 1. The van der Waals surface area contributed by atoms with Crippen LogP contribution in [0.1, 0.15) is 10.4 Å². The zero-order valence-electron chi connectivity index (χ0n) is 10.6. The summed E-state index contributed by atoms with van der Waals surface area (Å²) >= 11 is 0. The summed E-state index contributed by atoms with van der Waals surface area (Å²) in [6.45, 7) is -2.88. The fourth-order valence-corrected chi connectivity index (χ4v) is 1.56. The van der Waals surface area contributed by atoms with Crippen molar-refractivity contribution in [2.24, 2.45) is 0 Å². The van der Waals surface area contributed by atoms with E-state index in [1.165, 1.54) is 30.3 Å². The number of carboxylic acids is 1. The van der Waals surface area contributed by atoms with Gasteiger partial charge in [-0.1, -0.05) is 0 Å². The second-order valence-corrected chi connectivity index (χ2v) is 3.99. The van der Waals surface area contributed by atoms with Crippen LogP contribution in [0.5, 0.6) is 5.75 Å². The van der Waals surface area contributed by atoms with Crippen LogP contribution in [0.15, 0.2) is 36.5 Å². The fourth-order valence-electron chi connectivity index (χ4n) is 1.56. The zero-order chi connectivity index (χ0) is 15.4. The van der Waals surface area contributed by atoms with E-state index in [4.69, 9.17) is 10.8 Å². The second kappa shape index (κ2) is 6.04. The van der Waals surface area contributed by atoms with Crippen LogP contribution in [0.4, 0.5) is 26.0 Å². The predicted octanol–water partition coefficient (Wildman–Crippen LogP) is 2.71. The number of carboxylic acid groups (broad SMARTS) is 1. The van der Waals surface area contributed by atoms with Gasteiger partial charge in [0.25, 0.3) is 0 Å². The van der Waals surface area contributed by atoms with E-state index >= 15 is 0 Å². The molecule has 0 amide bonds. The van der Waals surface area contributed by atoms with Crippen molar-refractivity contribution in [3.05, 3.63) is 42.1 Å². The summed E-state index contributed by atoms with van der Waals surface area (Å²) in [5.74, 6) is -0.838. The molecular formula is C13H11F2N3O3. The van der Waals surface area contributed by atoms with Gasteiger partial charge in [0.1, 0.15) is 5.75 Å². The van der Waals surface area contributed by atoms with E-state index in [1.54, 1.807) is 0 Å². The van der Waals surface area contributed by atoms with Crippen molar-refractivity contribution in [2.45, 2.75) is 6.61 Å². The van der Waals surface area contributed by atoms with Crippen LogP contribution in [-0.4, -0.2) is 22.7 Å². The Morgan fingerprint density at radius 2 is 2.00 bits per heavy atom. The SMILES string of the molecule is Nc1cc(C(=O)O)cnc1Nc1ccc(OC(F)F)cc1. The van der Waals surface area contributed by atoms with Gasteiger partial charge in [0.05, 0.1) is 11.3 Å². The number of ether oxygens (including phenoxy) is 1. The molecule has 0 saturated carbocycles. The Morgan fingerprint density at radius 3 is 2.52 bits per heavy atom. The van der Waals surface area contributed by atoms with Crippen molar-refractivity contribution >= 4 is 23.2 Å². The number of carbonyl (C=O) groups is 1. The lowest BCUT2D eigenvalue weighted by atomic mass is 10.2. The maximum Gasteiger partial charge on any atom is 0.387 e. The molecule has 21 heavy (non-hydrogen) atoms. The van der Waals surface area contributed by atoms with E-state index in [-0.39, 0.29) is 22.8 Å². The summed E-state index contributed by atoms with van der Waals surface area (Å²) in [4.78, 5) is 14.7. The zero-order valence-corrected chi connectivity index (χ0v) is 10.6. The molecule has 110 valence electrons. The first-order chi connectivity index (χ1) is 9.95. The van der Waals surface area contributed by atoms with Gasteiger partial charge in [-0.2, -0.15) is 8.78 Å². The van der Waals surface area contributed by atoms with Crippen LogP contribution < -0.4 is 15.8 Å². The number of pyridine rings is 1. The molecule has 0 bridgehead atoms. The van der Waals surface area contributed by atoms with E-state index in [0.29, 0.717) is 5.69 Å². The van der Waals surface area contributed by atoms with E-state index in [2.05, 4.69) is 15.0 Å². The standard InChI is InChI=1S/C13H11F2N3O3/c14-13(15)21-9-3-1-8(2-4-9)18-11-10(16)5-7(6-17-11)12(19)20/h1-6,13H,16H2,(H,17,18)(H,19,20). The molecule has 0 fully saturated rings. The van der Waals surface area contributed by atoms with Crippen molar-refractivity contribution in [2.75, 3.05) is 11.1 Å². The lowest BCUT2D eigenvalue weighted by Crippen LogP contribution is -2.04. The Hall–Kier alpha value is -2.90. The topological polar surface area (TPSA) is 97.5 Å². The van der Waals surface area contributed by atoms with E-state index in [9.17, 15) is 13.6 Å². The third kappa shape index (κ3) is 3.78. The third-order valence-corrected chi connectivity index (χ3v) is 2.51. The minimum atomic E-state index is -2.88. The number of rotatable bonds is 5. The van der Waals surface area contributed by atoms with Gasteiger partial charge in [0.15, 0.2) is 5.82 Å². The molecule has 0 spiro atoms. The van der Waals surface area contributed by atoms with Gasteiger partial charge in [-0.3, -0.25) is 0 Å². The minimum absolute atomic E-state index is 0.0257.